The molecule has 0 saturated carbocycles. The number of benzene rings is 1. The molecule has 82 valence electrons. The van der Waals surface area contributed by atoms with Crippen LogP contribution in [0.4, 0.5) is 10.2 Å². The van der Waals surface area contributed by atoms with Crippen LogP contribution in [-0.2, 0) is 6.54 Å². The van der Waals surface area contributed by atoms with Crippen molar-refractivity contribution >= 4 is 21.7 Å². The van der Waals surface area contributed by atoms with Crippen molar-refractivity contribution in [2.75, 3.05) is 5.32 Å². The van der Waals surface area contributed by atoms with E-state index < -0.39 is 0 Å². The van der Waals surface area contributed by atoms with E-state index in [0.29, 0.717) is 6.54 Å². The summed E-state index contributed by atoms with van der Waals surface area (Å²) in [6.07, 6.45) is 1.71. The van der Waals surface area contributed by atoms with Gasteiger partial charge >= 0.3 is 0 Å². The largest absolute Gasteiger partial charge is 0.366 e. The molecule has 2 rings (SSSR count). The lowest BCUT2D eigenvalue weighted by molar-refractivity contribution is 0.625. The Bertz CT molecular complexity index is 474. The maximum Gasteiger partial charge on any atom is 0.126 e. The number of pyridine rings is 1. The summed E-state index contributed by atoms with van der Waals surface area (Å²) >= 11 is 3.38. The molecule has 4 heteroatoms. The first kappa shape index (κ1) is 11.1. The highest BCUT2D eigenvalue weighted by molar-refractivity contribution is 9.10. The van der Waals surface area contributed by atoms with Crippen LogP contribution >= 0.6 is 15.9 Å². The number of hydrogen-bond acceptors (Lipinski definition) is 2. The van der Waals surface area contributed by atoms with Gasteiger partial charge < -0.3 is 5.32 Å². The van der Waals surface area contributed by atoms with Gasteiger partial charge in [-0.1, -0.05) is 22.0 Å². The van der Waals surface area contributed by atoms with E-state index in [1.165, 1.54) is 12.1 Å². The highest BCUT2D eigenvalue weighted by Gasteiger charge is 2.01. The molecule has 2 aromatic rings. The zero-order chi connectivity index (χ0) is 11.4. The van der Waals surface area contributed by atoms with Gasteiger partial charge in [0.15, 0.2) is 0 Å². The second-order valence-electron chi connectivity index (χ2n) is 3.30. The van der Waals surface area contributed by atoms with Crippen molar-refractivity contribution in [2.24, 2.45) is 0 Å². The second kappa shape index (κ2) is 5.07. The topological polar surface area (TPSA) is 24.9 Å². The van der Waals surface area contributed by atoms with Gasteiger partial charge in [-0.25, -0.2) is 9.37 Å². The molecular formula is C12H10BrFN2. The minimum Gasteiger partial charge on any atom is -0.366 e. The van der Waals surface area contributed by atoms with Crippen LogP contribution in [0, 0.1) is 5.82 Å². The minimum absolute atomic E-state index is 0.235. The molecule has 0 spiro atoms. The number of nitrogens with zero attached hydrogens (tertiary/aromatic N) is 1. The van der Waals surface area contributed by atoms with E-state index in [4.69, 9.17) is 0 Å². The van der Waals surface area contributed by atoms with Crippen LogP contribution in [0.25, 0.3) is 0 Å². The van der Waals surface area contributed by atoms with Crippen molar-refractivity contribution in [3.63, 3.8) is 0 Å². The van der Waals surface area contributed by atoms with Crippen LogP contribution in [0.2, 0.25) is 0 Å². The highest BCUT2D eigenvalue weighted by Crippen LogP contribution is 2.18. The van der Waals surface area contributed by atoms with Crippen molar-refractivity contribution in [2.45, 2.75) is 6.54 Å². The first-order valence-electron chi connectivity index (χ1n) is 4.84. The summed E-state index contributed by atoms with van der Waals surface area (Å²) in [5, 5.41) is 3.12. The molecule has 0 saturated heterocycles. The molecule has 2 nitrogen and oxygen atoms in total. The van der Waals surface area contributed by atoms with Gasteiger partial charge in [0.25, 0.3) is 0 Å². The average Bonchev–Trinajstić information content (AvgIpc) is 2.32. The van der Waals surface area contributed by atoms with Gasteiger partial charge in [0.2, 0.25) is 0 Å². The number of aromatic nitrogens is 1. The molecule has 0 amide bonds. The van der Waals surface area contributed by atoms with Gasteiger partial charge in [-0.2, -0.15) is 0 Å². The van der Waals surface area contributed by atoms with Crippen molar-refractivity contribution in [1.29, 1.82) is 0 Å². The third kappa shape index (κ3) is 2.79. The molecule has 0 aliphatic rings. The summed E-state index contributed by atoms with van der Waals surface area (Å²) in [7, 11) is 0. The molecule has 1 N–H and O–H groups in total. The summed E-state index contributed by atoms with van der Waals surface area (Å²) < 4.78 is 13.9. The van der Waals surface area contributed by atoms with Crippen LogP contribution in [0.1, 0.15) is 5.56 Å². The molecule has 0 unspecified atom stereocenters. The van der Waals surface area contributed by atoms with Gasteiger partial charge in [-0.3, -0.25) is 0 Å². The van der Waals surface area contributed by atoms with E-state index in [9.17, 15) is 4.39 Å². The Morgan fingerprint density at radius 2 is 2.12 bits per heavy atom. The predicted octanol–water partition coefficient (Wildman–Crippen LogP) is 3.60. The maximum atomic E-state index is 13.0. The number of halogens is 2. The van der Waals surface area contributed by atoms with E-state index in [0.717, 1.165) is 15.9 Å². The van der Waals surface area contributed by atoms with Crippen LogP contribution < -0.4 is 5.32 Å². The molecule has 0 fully saturated rings. The van der Waals surface area contributed by atoms with Crippen LogP contribution in [0.3, 0.4) is 0 Å². The number of rotatable bonds is 3. The standard InChI is InChI=1S/C12H10BrFN2/c13-11-5-4-10(14)7-9(11)8-16-12-3-1-2-6-15-12/h1-7H,8H2,(H,15,16). The predicted molar refractivity (Wildman–Crippen MR) is 65.7 cm³/mol. The van der Waals surface area contributed by atoms with Crippen LogP contribution in [-0.4, -0.2) is 4.98 Å². The van der Waals surface area contributed by atoms with Crippen molar-refractivity contribution in [3.05, 3.63) is 58.4 Å². The Labute approximate surface area is 102 Å². The molecule has 16 heavy (non-hydrogen) atoms. The third-order valence-corrected chi connectivity index (χ3v) is 2.91. The Morgan fingerprint density at radius 3 is 2.88 bits per heavy atom. The van der Waals surface area contributed by atoms with E-state index in [-0.39, 0.29) is 5.82 Å². The van der Waals surface area contributed by atoms with E-state index in [2.05, 4.69) is 26.2 Å². The van der Waals surface area contributed by atoms with Gasteiger partial charge in [-0.05, 0) is 35.9 Å². The number of hydrogen-bond donors (Lipinski definition) is 1. The van der Waals surface area contributed by atoms with E-state index in [1.54, 1.807) is 12.3 Å². The summed E-state index contributed by atoms with van der Waals surface area (Å²) in [4.78, 5) is 4.13. The second-order valence-corrected chi connectivity index (χ2v) is 4.16. The van der Waals surface area contributed by atoms with Gasteiger partial charge in [-0.15, -0.1) is 0 Å². The van der Waals surface area contributed by atoms with Crippen molar-refractivity contribution < 1.29 is 4.39 Å². The lowest BCUT2D eigenvalue weighted by Gasteiger charge is -2.07. The smallest absolute Gasteiger partial charge is 0.126 e. The minimum atomic E-state index is -0.235. The summed E-state index contributed by atoms with van der Waals surface area (Å²) in [5.41, 5.74) is 0.866. The molecule has 0 aliphatic heterocycles. The molecule has 1 aromatic heterocycles. The lowest BCUT2D eigenvalue weighted by Crippen LogP contribution is -2.01. The maximum absolute atomic E-state index is 13.0. The molecular weight excluding hydrogens is 271 g/mol. The van der Waals surface area contributed by atoms with Crippen LogP contribution in [0.5, 0.6) is 0 Å². The van der Waals surface area contributed by atoms with Crippen molar-refractivity contribution in [1.82, 2.24) is 4.98 Å². The molecule has 0 bridgehead atoms. The number of nitrogens with one attached hydrogen (secondary N) is 1. The Morgan fingerprint density at radius 1 is 1.25 bits per heavy atom. The van der Waals surface area contributed by atoms with Crippen LogP contribution in [0.15, 0.2) is 47.1 Å². The molecule has 1 aromatic carbocycles. The SMILES string of the molecule is Fc1ccc(Br)c(CNc2ccccn2)c1. The fourth-order valence-electron chi connectivity index (χ4n) is 1.33. The first-order chi connectivity index (χ1) is 7.75. The summed E-state index contributed by atoms with van der Waals surface area (Å²) in [5.74, 6) is 0.541. The van der Waals surface area contributed by atoms with Crippen molar-refractivity contribution in [3.8, 4) is 0 Å². The zero-order valence-corrected chi connectivity index (χ0v) is 10.0. The third-order valence-electron chi connectivity index (χ3n) is 2.13. The normalized spacial score (nSPS) is 10.1. The van der Waals surface area contributed by atoms with E-state index >= 15 is 0 Å². The monoisotopic (exact) mass is 280 g/mol. The summed E-state index contributed by atoms with van der Waals surface area (Å²) in [6, 6.07) is 10.2. The lowest BCUT2D eigenvalue weighted by atomic mass is 10.2. The van der Waals surface area contributed by atoms with Gasteiger partial charge in [0.05, 0.1) is 0 Å². The highest BCUT2D eigenvalue weighted by atomic mass is 79.9. The Balaban J connectivity index is 2.08. The quantitative estimate of drug-likeness (QED) is 0.929. The molecule has 0 aliphatic carbocycles. The average molecular weight is 281 g/mol. The zero-order valence-electron chi connectivity index (χ0n) is 8.45. The number of anilines is 1. The first-order valence-corrected chi connectivity index (χ1v) is 5.64. The molecule has 0 radical (unpaired) electrons. The molecule has 0 atom stereocenters. The molecule has 1 heterocycles. The fraction of sp³-hybridized carbons (Fsp3) is 0.0833. The van der Waals surface area contributed by atoms with E-state index in [1.807, 2.05) is 18.2 Å². The Kier molecular flexibility index (Phi) is 3.51. The Hall–Kier alpha value is -1.42. The van der Waals surface area contributed by atoms with Gasteiger partial charge in [0, 0.05) is 17.2 Å². The fourth-order valence-corrected chi connectivity index (χ4v) is 1.72. The summed E-state index contributed by atoms with van der Waals surface area (Å²) in [6.45, 7) is 0.537. The van der Waals surface area contributed by atoms with Gasteiger partial charge in [0.1, 0.15) is 11.6 Å².